The maximum Gasteiger partial charge on any atom is 0.422 e. The molecule has 0 radical (unpaired) electrons. The predicted octanol–water partition coefficient (Wildman–Crippen LogP) is 4.20. The number of nitrogens with zero attached hydrogens (tertiary/aromatic N) is 3. The van der Waals surface area contributed by atoms with Crippen LogP contribution in [-0.4, -0.2) is 41.6 Å². The molecule has 0 aliphatic rings. The van der Waals surface area contributed by atoms with Crippen LogP contribution < -0.4 is 15.4 Å². The Hall–Kier alpha value is -1.98. The molecular formula is C20H29F3IN5O. The number of rotatable bonds is 9. The number of hydrogen-bond donors (Lipinski definition) is 2. The molecule has 1 heterocycles. The van der Waals surface area contributed by atoms with Crippen LogP contribution in [0, 0.1) is 13.8 Å². The fraction of sp³-hybridized carbons (Fsp3) is 0.500. The summed E-state index contributed by atoms with van der Waals surface area (Å²) in [6.07, 6.45) is -3.52. The molecule has 0 atom stereocenters. The number of aliphatic imine (C=N–C) groups is 1. The Morgan fingerprint density at radius 3 is 2.57 bits per heavy atom. The normalized spacial score (nSPS) is 11.7. The molecule has 0 unspecified atom stereocenters. The Morgan fingerprint density at radius 2 is 1.93 bits per heavy atom. The molecule has 10 heteroatoms. The lowest BCUT2D eigenvalue weighted by atomic mass is 10.2. The van der Waals surface area contributed by atoms with E-state index in [1.807, 2.05) is 31.5 Å². The molecule has 0 spiro atoms. The Balaban J connectivity index is 0.00000450. The Kier molecular flexibility index (Phi) is 11.0. The standard InChI is InChI=1S/C20H28F3N5O.HI/c1-4-24-19(25-10-7-11-28-16(3)12-15(2)27-28)26-13-17-8-5-6-9-18(17)29-14-20(21,22)23;/h5-6,8-9,12H,4,7,10-11,13-14H2,1-3H3,(H2,24,25,26);1H. The predicted molar refractivity (Wildman–Crippen MR) is 123 cm³/mol. The zero-order valence-corrected chi connectivity index (χ0v) is 19.8. The smallest absolute Gasteiger partial charge is 0.422 e. The molecule has 0 bridgehead atoms. The van der Waals surface area contributed by atoms with E-state index in [-0.39, 0.29) is 36.3 Å². The molecule has 30 heavy (non-hydrogen) atoms. The second-order valence-corrected chi connectivity index (χ2v) is 6.64. The monoisotopic (exact) mass is 539 g/mol. The molecule has 6 nitrogen and oxygen atoms in total. The molecule has 2 rings (SSSR count). The minimum atomic E-state index is -4.38. The summed E-state index contributed by atoms with van der Waals surface area (Å²) in [6.45, 7) is 6.99. The van der Waals surface area contributed by atoms with Crippen molar-refractivity contribution in [3.05, 3.63) is 47.3 Å². The second kappa shape index (κ2) is 12.7. The van der Waals surface area contributed by atoms with E-state index in [2.05, 4.69) is 20.7 Å². The maximum absolute atomic E-state index is 12.4. The zero-order valence-electron chi connectivity index (χ0n) is 17.4. The fourth-order valence-electron chi connectivity index (χ4n) is 2.78. The molecule has 0 amide bonds. The van der Waals surface area contributed by atoms with Crippen LogP contribution in [0.5, 0.6) is 5.75 Å². The van der Waals surface area contributed by atoms with Gasteiger partial charge >= 0.3 is 6.18 Å². The van der Waals surface area contributed by atoms with Crippen LogP contribution >= 0.6 is 24.0 Å². The van der Waals surface area contributed by atoms with Crippen LogP contribution in [0.3, 0.4) is 0 Å². The van der Waals surface area contributed by atoms with Gasteiger partial charge in [0.15, 0.2) is 12.6 Å². The number of hydrogen-bond acceptors (Lipinski definition) is 3. The molecule has 168 valence electrons. The van der Waals surface area contributed by atoms with Gasteiger partial charge in [-0.2, -0.15) is 18.3 Å². The second-order valence-electron chi connectivity index (χ2n) is 6.64. The van der Waals surface area contributed by atoms with Crippen LogP contribution in [0.4, 0.5) is 13.2 Å². The van der Waals surface area contributed by atoms with Crippen molar-refractivity contribution in [3.8, 4) is 5.75 Å². The number of ether oxygens (including phenoxy) is 1. The molecule has 0 fully saturated rings. The third-order valence-corrected chi connectivity index (χ3v) is 4.06. The number of para-hydroxylation sites is 1. The first-order valence-electron chi connectivity index (χ1n) is 9.59. The largest absolute Gasteiger partial charge is 0.484 e. The van der Waals surface area contributed by atoms with Gasteiger partial charge in [0.1, 0.15) is 5.75 Å². The summed E-state index contributed by atoms with van der Waals surface area (Å²) in [5.74, 6) is 0.792. The van der Waals surface area contributed by atoms with Crippen molar-refractivity contribution in [3.63, 3.8) is 0 Å². The number of guanidine groups is 1. The van der Waals surface area contributed by atoms with Gasteiger partial charge in [-0.15, -0.1) is 24.0 Å². The van der Waals surface area contributed by atoms with E-state index in [4.69, 9.17) is 4.74 Å². The lowest BCUT2D eigenvalue weighted by molar-refractivity contribution is -0.153. The fourth-order valence-corrected chi connectivity index (χ4v) is 2.78. The first-order valence-corrected chi connectivity index (χ1v) is 9.59. The topological polar surface area (TPSA) is 63.5 Å². The van der Waals surface area contributed by atoms with Gasteiger partial charge in [0.25, 0.3) is 0 Å². The molecular weight excluding hydrogens is 510 g/mol. The molecule has 0 aliphatic heterocycles. The van der Waals surface area contributed by atoms with Gasteiger partial charge in [0, 0.05) is 30.9 Å². The van der Waals surface area contributed by atoms with Crippen molar-refractivity contribution < 1.29 is 17.9 Å². The zero-order chi connectivity index (χ0) is 21.3. The quantitative estimate of drug-likeness (QED) is 0.217. The minimum Gasteiger partial charge on any atom is -0.484 e. The highest BCUT2D eigenvalue weighted by Crippen LogP contribution is 2.22. The first-order chi connectivity index (χ1) is 13.8. The van der Waals surface area contributed by atoms with Gasteiger partial charge in [0.2, 0.25) is 0 Å². The van der Waals surface area contributed by atoms with Gasteiger partial charge < -0.3 is 15.4 Å². The van der Waals surface area contributed by atoms with Crippen molar-refractivity contribution in [1.82, 2.24) is 20.4 Å². The Labute approximate surface area is 192 Å². The van der Waals surface area contributed by atoms with Crippen LogP contribution in [0.15, 0.2) is 35.3 Å². The third-order valence-electron chi connectivity index (χ3n) is 4.06. The average Bonchev–Trinajstić information content (AvgIpc) is 2.98. The van der Waals surface area contributed by atoms with E-state index in [0.29, 0.717) is 24.6 Å². The van der Waals surface area contributed by atoms with Crippen molar-refractivity contribution in [2.24, 2.45) is 4.99 Å². The van der Waals surface area contributed by atoms with E-state index in [0.717, 1.165) is 24.4 Å². The van der Waals surface area contributed by atoms with Crippen LogP contribution in [0.25, 0.3) is 0 Å². The van der Waals surface area contributed by atoms with Gasteiger partial charge in [-0.05, 0) is 39.3 Å². The maximum atomic E-state index is 12.4. The van der Waals surface area contributed by atoms with Crippen LogP contribution in [0.1, 0.15) is 30.3 Å². The van der Waals surface area contributed by atoms with Crippen molar-refractivity contribution >= 4 is 29.9 Å². The number of aryl methyl sites for hydroxylation is 3. The van der Waals surface area contributed by atoms with Crippen LogP contribution in [0.2, 0.25) is 0 Å². The summed E-state index contributed by atoms with van der Waals surface area (Å²) in [5, 5.41) is 10.8. The highest BCUT2D eigenvalue weighted by atomic mass is 127. The van der Waals surface area contributed by atoms with Crippen molar-refractivity contribution in [1.29, 1.82) is 0 Å². The average molecular weight is 539 g/mol. The van der Waals surface area contributed by atoms with Gasteiger partial charge in [-0.1, -0.05) is 18.2 Å². The number of benzene rings is 1. The first kappa shape index (κ1) is 26.1. The molecule has 0 aliphatic carbocycles. The van der Waals surface area contributed by atoms with Gasteiger partial charge in [0.05, 0.1) is 12.2 Å². The molecule has 0 saturated heterocycles. The summed E-state index contributed by atoms with van der Waals surface area (Å²) in [5.41, 5.74) is 2.71. The SMILES string of the molecule is CCNC(=NCc1ccccc1OCC(F)(F)F)NCCCn1nc(C)cc1C.I. The summed E-state index contributed by atoms with van der Waals surface area (Å²) in [6, 6.07) is 8.66. The van der Waals surface area contributed by atoms with Gasteiger partial charge in [-0.3, -0.25) is 4.68 Å². The number of aromatic nitrogens is 2. The van der Waals surface area contributed by atoms with E-state index in [1.165, 1.54) is 6.07 Å². The minimum absolute atomic E-state index is 0. The van der Waals surface area contributed by atoms with E-state index in [9.17, 15) is 13.2 Å². The summed E-state index contributed by atoms with van der Waals surface area (Å²) < 4.78 is 44.2. The molecule has 2 aromatic rings. The highest BCUT2D eigenvalue weighted by Gasteiger charge is 2.28. The van der Waals surface area contributed by atoms with Gasteiger partial charge in [-0.25, -0.2) is 4.99 Å². The summed E-state index contributed by atoms with van der Waals surface area (Å²) >= 11 is 0. The van der Waals surface area contributed by atoms with E-state index in [1.54, 1.807) is 18.2 Å². The summed E-state index contributed by atoms with van der Waals surface area (Å²) in [4.78, 5) is 4.47. The third kappa shape index (κ3) is 9.23. The lowest BCUT2D eigenvalue weighted by Crippen LogP contribution is -2.38. The molecule has 1 aromatic heterocycles. The van der Waals surface area contributed by atoms with Crippen molar-refractivity contribution in [2.75, 3.05) is 19.7 Å². The van der Waals surface area contributed by atoms with E-state index >= 15 is 0 Å². The van der Waals surface area contributed by atoms with Crippen LogP contribution in [-0.2, 0) is 13.1 Å². The molecule has 1 aromatic carbocycles. The molecule has 0 saturated carbocycles. The number of alkyl halides is 3. The number of nitrogens with one attached hydrogen (secondary N) is 2. The molecule has 2 N–H and O–H groups in total. The Bertz CT molecular complexity index is 808. The highest BCUT2D eigenvalue weighted by molar-refractivity contribution is 14.0. The summed E-state index contributed by atoms with van der Waals surface area (Å²) in [7, 11) is 0. The van der Waals surface area contributed by atoms with Crippen molar-refractivity contribution in [2.45, 2.75) is 46.5 Å². The lowest BCUT2D eigenvalue weighted by Gasteiger charge is -2.14. The van der Waals surface area contributed by atoms with E-state index < -0.39 is 12.8 Å². The Morgan fingerprint density at radius 1 is 1.20 bits per heavy atom. The number of halogens is 4.